The zero-order valence-corrected chi connectivity index (χ0v) is 6.47. The lowest BCUT2D eigenvalue weighted by molar-refractivity contribution is 0.194. The lowest BCUT2D eigenvalue weighted by Crippen LogP contribution is -2.30. The first-order valence-corrected chi connectivity index (χ1v) is 3.55. The van der Waals surface area contributed by atoms with Gasteiger partial charge >= 0.3 is 6.09 Å². The Hall–Kier alpha value is -1.03. The van der Waals surface area contributed by atoms with E-state index in [0.29, 0.717) is 13.1 Å². The van der Waals surface area contributed by atoms with Gasteiger partial charge in [0.05, 0.1) is 0 Å². The predicted octanol–water partition coefficient (Wildman–Crippen LogP) is 0.420. The molecule has 0 aliphatic carbocycles. The molecule has 0 aliphatic rings. The maximum atomic E-state index is 9.93. The van der Waals surface area contributed by atoms with Crippen molar-refractivity contribution in [1.29, 1.82) is 0 Å². The summed E-state index contributed by atoms with van der Waals surface area (Å²) in [6, 6.07) is 0. The predicted molar refractivity (Wildman–Crippen MR) is 43.7 cm³/mol. The Morgan fingerprint density at radius 3 is 2.73 bits per heavy atom. The quantitative estimate of drug-likeness (QED) is 0.388. The van der Waals surface area contributed by atoms with E-state index in [1.54, 1.807) is 0 Å². The molecule has 0 fully saturated rings. The Kier molecular flexibility index (Phi) is 6.42. The maximum Gasteiger partial charge on any atom is 0.404 e. The van der Waals surface area contributed by atoms with Crippen LogP contribution in [-0.2, 0) is 0 Å². The lowest BCUT2D eigenvalue weighted by atomic mass is 10.4. The molecule has 0 unspecified atom stereocenters. The van der Waals surface area contributed by atoms with Gasteiger partial charge in [0, 0.05) is 13.1 Å². The highest BCUT2D eigenvalue weighted by Gasteiger charge is 1.90. The van der Waals surface area contributed by atoms with Crippen molar-refractivity contribution in [2.75, 3.05) is 19.6 Å². The number of nitrogens with one attached hydrogen (secondary N) is 2. The summed E-state index contributed by atoms with van der Waals surface area (Å²) in [5.74, 6) is 0. The molecule has 0 radical (unpaired) electrons. The molecule has 0 spiro atoms. The van der Waals surface area contributed by atoms with Crippen LogP contribution in [0, 0.1) is 0 Å². The van der Waals surface area contributed by atoms with Crippen LogP contribution in [0.1, 0.15) is 6.42 Å². The number of hydrogen-bond acceptors (Lipinski definition) is 2. The van der Waals surface area contributed by atoms with Crippen molar-refractivity contribution >= 4 is 6.09 Å². The van der Waals surface area contributed by atoms with Crippen LogP contribution in [-0.4, -0.2) is 30.8 Å². The first-order valence-electron chi connectivity index (χ1n) is 3.55. The maximum absolute atomic E-state index is 9.93. The minimum atomic E-state index is -0.976. The second-order valence-electron chi connectivity index (χ2n) is 2.06. The van der Waals surface area contributed by atoms with Crippen LogP contribution in [0.3, 0.4) is 0 Å². The molecule has 0 bridgehead atoms. The zero-order valence-electron chi connectivity index (χ0n) is 6.47. The highest BCUT2D eigenvalue weighted by Crippen LogP contribution is 1.73. The van der Waals surface area contributed by atoms with Crippen LogP contribution in [0.15, 0.2) is 12.7 Å². The average Bonchev–Trinajstić information content (AvgIpc) is 1.96. The number of rotatable bonds is 6. The summed E-state index contributed by atoms with van der Waals surface area (Å²) in [6.07, 6.45) is 1.75. The largest absolute Gasteiger partial charge is 0.465 e. The van der Waals surface area contributed by atoms with Crippen molar-refractivity contribution in [2.45, 2.75) is 6.42 Å². The van der Waals surface area contributed by atoms with E-state index in [2.05, 4.69) is 17.2 Å². The Labute approximate surface area is 66.3 Å². The monoisotopic (exact) mass is 158 g/mol. The first-order chi connectivity index (χ1) is 5.27. The molecule has 0 aromatic rings. The fourth-order valence-electron chi connectivity index (χ4n) is 0.587. The number of hydrogen-bond donors (Lipinski definition) is 3. The van der Waals surface area contributed by atoms with Gasteiger partial charge in [0.15, 0.2) is 0 Å². The van der Waals surface area contributed by atoms with E-state index in [9.17, 15) is 4.79 Å². The summed E-state index contributed by atoms with van der Waals surface area (Å²) in [5.41, 5.74) is 0. The van der Waals surface area contributed by atoms with Crippen LogP contribution in [0.4, 0.5) is 4.79 Å². The van der Waals surface area contributed by atoms with Gasteiger partial charge in [0.25, 0.3) is 0 Å². The van der Waals surface area contributed by atoms with Crippen LogP contribution >= 0.6 is 0 Å². The third-order valence-corrected chi connectivity index (χ3v) is 1.10. The van der Waals surface area contributed by atoms with Gasteiger partial charge in [-0.15, -0.1) is 6.58 Å². The smallest absolute Gasteiger partial charge is 0.404 e. The fraction of sp³-hybridized carbons (Fsp3) is 0.571. The molecule has 1 amide bonds. The van der Waals surface area contributed by atoms with Crippen LogP contribution in [0.5, 0.6) is 0 Å². The summed E-state index contributed by atoms with van der Waals surface area (Å²) in [6.45, 7) is 5.53. The number of carboxylic acid groups (broad SMARTS) is 1. The molecule has 0 aromatic heterocycles. The second-order valence-corrected chi connectivity index (χ2v) is 2.06. The Balaban J connectivity index is 2.90. The fourth-order valence-corrected chi connectivity index (χ4v) is 0.587. The molecular weight excluding hydrogens is 144 g/mol. The van der Waals surface area contributed by atoms with Crippen LogP contribution in [0.25, 0.3) is 0 Å². The minimum Gasteiger partial charge on any atom is -0.465 e. The van der Waals surface area contributed by atoms with E-state index in [4.69, 9.17) is 5.11 Å². The summed E-state index contributed by atoms with van der Waals surface area (Å²) in [4.78, 5) is 9.93. The SMILES string of the molecule is C=CCCNCCNC(=O)O. The summed E-state index contributed by atoms with van der Waals surface area (Å²) in [7, 11) is 0. The summed E-state index contributed by atoms with van der Waals surface area (Å²) in [5, 5.41) is 13.5. The summed E-state index contributed by atoms with van der Waals surface area (Å²) < 4.78 is 0. The average molecular weight is 158 g/mol. The van der Waals surface area contributed by atoms with E-state index in [1.165, 1.54) is 0 Å². The molecule has 0 saturated heterocycles. The van der Waals surface area contributed by atoms with Gasteiger partial charge in [-0.25, -0.2) is 4.79 Å². The molecule has 0 saturated carbocycles. The molecular formula is C7H14N2O2. The highest BCUT2D eigenvalue weighted by molar-refractivity contribution is 5.64. The topological polar surface area (TPSA) is 61.4 Å². The van der Waals surface area contributed by atoms with Crippen molar-refractivity contribution in [2.24, 2.45) is 0 Å². The van der Waals surface area contributed by atoms with Gasteiger partial charge in [0.2, 0.25) is 0 Å². The van der Waals surface area contributed by atoms with Crippen molar-refractivity contribution in [3.8, 4) is 0 Å². The third kappa shape index (κ3) is 8.97. The molecule has 0 aliphatic heterocycles. The normalized spacial score (nSPS) is 9.09. The lowest BCUT2D eigenvalue weighted by Gasteiger charge is -2.01. The molecule has 0 rings (SSSR count). The third-order valence-electron chi connectivity index (χ3n) is 1.10. The molecule has 11 heavy (non-hydrogen) atoms. The van der Waals surface area contributed by atoms with Gasteiger partial charge in [-0.2, -0.15) is 0 Å². The standard InChI is InChI=1S/C7H14N2O2/c1-2-3-4-8-5-6-9-7(10)11/h2,8-9H,1,3-6H2,(H,10,11). The number of amides is 1. The summed E-state index contributed by atoms with van der Waals surface area (Å²) >= 11 is 0. The van der Waals surface area contributed by atoms with Gasteiger partial charge in [-0.3, -0.25) is 0 Å². The van der Waals surface area contributed by atoms with Crippen molar-refractivity contribution in [3.05, 3.63) is 12.7 Å². The van der Waals surface area contributed by atoms with Crippen molar-refractivity contribution < 1.29 is 9.90 Å². The Morgan fingerprint density at radius 2 is 2.18 bits per heavy atom. The molecule has 4 nitrogen and oxygen atoms in total. The molecule has 0 aromatic carbocycles. The molecule has 0 heterocycles. The van der Waals surface area contributed by atoms with Gasteiger partial charge in [-0.1, -0.05) is 6.08 Å². The Morgan fingerprint density at radius 1 is 1.45 bits per heavy atom. The van der Waals surface area contributed by atoms with E-state index in [-0.39, 0.29) is 0 Å². The van der Waals surface area contributed by atoms with Crippen LogP contribution < -0.4 is 10.6 Å². The second kappa shape index (κ2) is 7.08. The molecule has 64 valence electrons. The highest BCUT2D eigenvalue weighted by atomic mass is 16.4. The van der Waals surface area contributed by atoms with Crippen LogP contribution in [0.2, 0.25) is 0 Å². The van der Waals surface area contributed by atoms with E-state index >= 15 is 0 Å². The minimum absolute atomic E-state index is 0.451. The van der Waals surface area contributed by atoms with Crippen molar-refractivity contribution in [1.82, 2.24) is 10.6 Å². The van der Waals surface area contributed by atoms with E-state index < -0.39 is 6.09 Å². The molecule has 3 N–H and O–H groups in total. The molecule has 4 heteroatoms. The first kappa shape index (κ1) is 9.97. The van der Waals surface area contributed by atoms with E-state index in [1.807, 2.05) is 6.08 Å². The van der Waals surface area contributed by atoms with Crippen molar-refractivity contribution in [3.63, 3.8) is 0 Å². The zero-order chi connectivity index (χ0) is 8.53. The van der Waals surface area contributed by atoms with E-state index in [0.717, 1.165) is 13.0 Å². The van der Waals surface area contributed by atoms with Gasteiger partial charge < -0.3 is 15.7 Å². The Bertz CT molecular complexity index is 126. The van der Waals surface area contributed by atoms with Gasteiger partial charge in [0.1, 0.15) is 0 Å². The number of carbonyl (C=O) groups is 1. The van der Waals surface area contributed by atoms with Gasteiger partial charge in [-0.05, 0) is 13.0 Å². The molecule has 0 atom stereocenters.